The minimum absolute atomic E-state index is 0.127. The van der Waals surface area contributed by atoms with Gasteiger partial charge in [-0.2, -0.15) is 0 Å². The van der Waals surface area contributed by atoms with Gasteiger partial charge in [0, 0.05) is 40.4 Å². The van der Waals surface area contributed by atoms with Crippen molar-refractivity contribution in [3.63, 3.8) is 0 Å². The number of aromatic nitrogens is 1. The monoisotopic (exact) mass is 526 g/mol. The Kier molecular flexibility index (Phi) is 7.68. The van der Waals surface area contributed by atoms with E-state index in [2.05, 4.69) is 0 Å². The summed E-state index contributed by atoms with van der Waals surface area (Å²) in [4.78, 5) is 15.4. The third-order valence-corrected chi connectivity index (χ3v) is 7.52. The molecule has 1 aliphatic heterocycles. The lowest BCUT2D eigenvalue weighted by atomic mass is 9.80. The molecule has 1 fully saturated rings. The highest BCUT2D eigenvalue weighted by Crippen LogP contribution is 2.46. The van der Waals surface area contributed by atoms with Gasteiger partial charge in [-0.05, 0) is 28.8 Å². The van der Waals surface area contributed by atoms with E-state index in [-0.39, 0.29) is 18.9 Å². The van der Waals surface area contributed by atoms with Crippen LogP contribution in [0.4, 0.5) is 0 Å². The van der Waals surface area contributed by atoms with E-state index in [0.717, 1.165) is 16.7 Å². The van der Waals surface area contributed by atoms with Gasteiger partial charge >= 0.3 is 5.97 Å². The number of carbonyl (C=O) groups excluding carboxylic acids is 1. The van der Waals surface area contributed by atoms with Crippen LogP contribution in [-0.2, 0) is 26.9 Å². The summed E-state index contributed by atoms with van der Waals surface area (Å²) in [6.07, 6.45) is 1.26. The van der Waals surface area contributed by atoms with Crippen LogP contribution in [0.5, 0.6) is 0 Å². The summed E-state index contributed by atoms with van der Waals surface area (Å²) in [6, 6.07) is 32.5. The maximum Gasteiger partial charge on any atom is 0.305 e. The molecule has 4 aromatic rings. The SMILES string of the molecule is COC(OC)(OC(c1ccccc1)(c1ccccc1)c1ccccc1)C1CC(O)CN1C(=O)c1cccn1C. The van der Waals surface area contributed by atoms with Crippen LogP contribution in [0.1, 0.15) is 33.6 Å². The highest BCUT2D eigenvalue weighted by atomic mass is 16.9. The molecule has 7 nitrogen and oxygen atoms in total. The van der Waals surface area contributed by atoms with Crippen molar-refractivity contribution < 1.29 is 24.1 Å². The van der Waals surface area contributed by atoms with E-state index in [1.165, 1.54) is 14.2 Å². The summed E-state index contributed by atoms with van der Waals surface area (Å²) in [7, 11) is 4.83. The zero-order valence-electron chi connectivity index (χ0n) is 22.4. The summed E-state index contributed by atoms with van der Waals surface area (Å²) in [5.74, 6) is -1.98. The van der Waals surface area contributed by atoms with Crippen molar-refractivity contribution in [2.75, 3.05) is 20.8 Å². The predicted octanol–water partition coefficient (Wildman–Crippen LogP) is 4.56. The molecule has 202 valence electrons. The van der Waals surface area contributed by atoms with E-state index < -0.39 is 23.7 Å². The first-order valence-electron chi connectivity index (χ1n) is 13.0. The van der Waals surface area contributed by atoms with Crippen molar-refractivity contribution in [1.82, 2.24) is 9.47 Å². The number of likely N-dealkylation sites (tertiary alicyclic amines) is 1. The third kappa shape index (κ3) is 4.79. The van der Waals surface area contributed by atoms with Gasteiger partial charge in [-0.25, -0.2) is 0 Å². The molecule has 0 saturated carbocycles. The first kappa shape index (κ1) is 26.8. The van der Waals surface area contributed by atoms with Gasteiger partial charge in [-0.3, -0.25) is 4.79 Å². The molecule has 0 radical (unpaired) electrons. The van der Waals surface area contributed by atoms with E-state index in [4.69, 9.17) is 14.2 Å². The summed E-state index contributed by atoms with van der Waals surface area (Å²) in [5.41, 5.74) is 1.90. The van der Waals surface area contributed by atoms with Crippen LogP contribution in [0.2, 0.25) is 0 Å². The minimum Gasteiger partial charge on any atom is -0.391 e. The van der Waals surface area contributed by atoms with Crippen molar-refractivity contribution in [2.24, 2.45) is 7.05 Å². The number of methoxy groups -OCH3 is 2. The third-order valence-electron chi connectivity index (χ3n) is 7.52. The van der Waals surface area contributed by atoms with Crippen molar-refractivity contribution in [3.05, 3.63) is 132 Å². The van der Waals surface area contributed by atoms with E-state index in [9.17, 15) is 9.90 Å². The van der Waals surface area contributed by atoms with Crippen molar-refractivity contribution in [1.29, 1.82) is 0 Å². The van der Waals surface area contributed by atoms with Crippen LogP contribution in [0.15, 0.2) is 109 Å². The molecule has 0 spiro atoms. The molecule has 5 rings (SSSR count). The van der Waals surface area contributed by atoms with Crippen LogP contribution >= 0.6 is 0 Å². The Morgan fingerprint density at radius 1 is 0.795 bits per heavy atom. The van der Waals surface area contributed by atoms with Crippen molar-refractivity contribution >= 4 is 5.91 Å². The first-order chi connectivity index (χ1) is 18.9. The standard InChI is InChI=1S/C32H34N2O5/c1-33-21-13-20-28(33)30(36)34-23-27(35)22-29(34)32(37-2,38-3)39-31(24-14-7-4-8-15-24,25-16-9-5-10-17-25)26-18-11-6-12-19-26/h4-21,27,29,35H,22-23H2,1-3H3. The number of β-amino-alcohol motifs (C(OH)–C–C–N with tert-alkyl or cyclic N) is 1. The molecule has 0 aliphatic carbocycles. The molecular formula is C32H34N2O5. The molecular weight excluding hydrogens is 492 g/mol. The van der Waals surface area contributed by atoms with Crippen molar-refractivity contribution in [3.8, 4) is 0 Å². The first-order valence-corrected chi connectivity index (χ1v) is 13.0. The minimum atomic E-state index is -1.74. The quantitative estimate of drug-likeness (QED) is 0.256. The van der Waals surface area contributed by atoms with Crippen LogP contribution in [0, 0.1) is 0 Å². The molecule has 3 aromatic carbocycles. The van der Waals surface area contributed by atoms with E-state index in [1.54, 1.807) is 15.5 Å². The molecule has 39 heavy (non-hydrogen) atoms. The molecule has 0 bridgehead atoms. The fraction of sp³-hybridized carbons (Fsp3) is 0.281. The summed E-state index contributed by atoms with van der Waals surface area (Å²) >= 11 is 0. The summed E-state index contributed by atoms with van der Waals surface area (Å²) in [5, 5.41) is 10.8. The van der Waals surface area contributed by atoms with Crippen LogP contribution in [-0.4, -0.2) is 59.4 Å². The molecule has 1 saturated heterocycles. The molecule has 7 heteroatoms. The van der Waals surface area contributed by atoms with Gasteiger partial charge in [0.25, 0.3) is 5.91 Å². The number of carbonyl (C=O) groups is 1. The van der Waals surface area contributed by atoms with E-state index >= 15 is 0 Å². The Morgan fingerprint density at radius 2 is 1.28 bits per heavy atom. The Balaban J connectivity index is 1.70. The largest absolute Gasteiger partial charge is 0.391 e. The van der Waals surface area contributed by atoms with Gasteiger partial charge in [0.05, 0.1) is 6.10 Å². The number of ether oxygens (including phenoxy) is 3. The maximum absolute atomic E-state index is 13.8. The molecule has 1 aromatic heterocycles. The number of aryl methyl sites for hydroxylation is 1. The lowest BCUT2D eigenvalue weighted by Gasteiger charge is -2.47. The average Bonchev–Trinajstić information content (AvgIpc) is 3.61. The zero-order valence-corrected chi connectivity index (χ0v) is 22.4. The smallest absolute Gasteiger partial charge is 0.305 e. The van der Waals surface area contributed by atoms with Gasteiger partial charge in [0.2, 0.25) is 0 Å². The number of benzene rings is 3. The van der Waals surface area contributed by atoms with Gasteiger partial charge in [-0.15, -0.1) is 0 Å². The van der Waals surface area contributed by atoms with Crippen LogP contribution < -0.4 is 0 Å². The number of rotatable bonds is 9. The Hall–Kier alpha value is -3.75. The normalized spacial score (nSPS) is 17.9. The molecule has 1 aliphatic rings. The fourth-order valence-corrected chi connectivity index (χ4v) is 5.62. The van der Waals surface area contributed by atoms with Crippen molar-refractivity contribution in [2.45, 2.75) is 30.1 Å². The average molecular weight is 527 g/mol. The lowest BCUT2D eigenvalue weighted by Crippen LogP contribution is -2.59. The summed E-state index contributed by atoms with van der Waals surface area (Å²) in [6.45, 7) is 0.127. The molecule has 2 unspecified atom stereocenters. The number of aliphatic hydroxyl groups excluding tert-OH is 1. The van der Waals surface area contributed by atoms with E-state index in [1.807, 2.05) is 110 Å². The zero-order chi connectivity index (χ0) is 27.5. The maximum atomic E-state index is 13.8. The summed E-state index contributed by atoms with van der Waals surface area (Å²) < 4.78 is 21.2. The van der Waals surface area contributed by atoms with Gasteiger partial charge < -0.3 is 28.8 Å². The second-order valence-corrected chi connectivity index (χ2v) is 9.76. The Morgan fingerprint density at radius 3 is 1.69 bits per heavy atom. The fourth-order valence-electron chi connectivity index (χ4n) is 5.62. The number of hydrogen-bond donors (Lipinski definition) is 1. The molecule has 1 N–H and O–H groups in total. The Labute approximate surface area is 229 Å². The second-order valence-electron chi connectivity index (χ2n) is 9.76. The molecule has 2 heterocycles. The number of amides is 1. The Bertz CT molecular complexity index is 1270. The highest BCUT2D eigenvalue weighted by Gasteiger charge is 2.56. The van der Waals surface area contributed by atoms with Gasteiger partial charge in [-0.1, -0.05) is 91.0 Å². The van der Waals surface area contributed by atoms with Gasteiger partial charge in [0.15, 0.2) is 0 Å². The topological polar surface area (TPSA) is 73.2 Å². The predicted molar refractivity (Wildman–Crippen MR) is 148 cm³/mol. The highest BCUT2D eigenvalue weighted by molar-refractivity contribution is 5.93. The lowest BCUT2D eigenvalue weighted by molar-refractivity contribution is -0.405. The number of nitrogens with zero attached hydrogens (tertiary/aromatic N) is 2. The van der Waals surface area contributed by atoms with Crippen LogP contribution in [0.25, 0.3) is 0 Å². The molecule has 1 amide bonds. The second kappa shape index (κ2) is 11.2. The van der Waals surface area contributed by atoms with E-state index in [0.29, 0.717) is 5.69 Å². The number of hydrogen-bond acceptors (Lipinski definition) is 5. The van der Waals surface area contributed by atoms with Gasteiger partial charge in [0.1, 0.15) is 17.3 Å². The number of aliphatic hydroxyl groups is 1. The van der Waals surface area contributed by atoms with Crippen LogP contribution in [0.3, 0.4) is 0 Å². The molecule has 2 atom stereocenters.